The van der Waals surface area contributed by atoms with Crippen molar-refractivity contribution in [3.05, 3.63) is 112 Å². The molecule has 1 aliphatic heterocycles. The Morgan fingerprint density at radius 3 is 2.35 bits per heavy atom. The van der Waals surface area contributed by atoms with Crippen molar-refractivity contribution in [3.8, 4) is 0 Å². The summed E-state index contributed by atoms with van der Waals surface area (Å²) in [4.78, 5) is 29.4. The molecular weight excluding hydrogens is 546 g/mol. The summed E-state index contributed by atoms with van der Waals surface area (Å²) in [5.74, 6) is -0.886. The molecule has 2 N–H and O–H groups in total. The Balaban J connectivity index is 1.31. The van der Waals surface area contributed by atoms with E-state index in [9.17, 15) is 18.0 Å². The van der Waals surface area contributed by atoms with Crippen LogP contribution in [0.3, 0.4) is 0 Å². The Morgan fingerprint density at radius 1 is 0.975 bits per heavy atom. The molecule has 1 amide bonds. The fourth-order valence-corrected chi connectivity index (χ4v) is 6.97. The fraction of sp³-hybridized carbons (Fsp3) is 0.200. The van der Waals surface area contributed by atoms with Crippen molar-refractivity contribution >= 4 is 43.9 Å². The number of sulfonamides is 1. The minimum absolute atomic E-state index is 0.152. The van der Waals surface area contributed by atoms with Crippen molar-refractivity contribution in [1.29, 1.82) is 0 Å². The first-order valence-corrected chi connectivity index (χ1v) is 15.0. The molecular formula is C30H29N3O5S2. The molecule has 0 bridgehead atoms. The zero-order chi connectivity index (χ0) is 28.3. The second kappa shape index (κ2) is 11.6. The zero-order valence-corrected chi connectivity index (χ0v) is 23.8. The van der Waals surface area contributed by atoms with Crippen molar-refractivity contribution in [3.63, 3.8) is 0 Å². The van der Waals surface area contributed by atoms with Crippen LogP contribution in [0.1, 0.15) is 42.3 Å². The normalized spacial score (nSPS) is 13.3. The summed E-state index contributed by atoms with van der Waals surface area (Å²) >= 11 is 1.39. The van der Waals surface area contributed by atoms with Gasteiger partial charge in [0.2, 0.25) is 0 Å². The summed E-state index contributed by atoms with van der Waals surface area (Å²) in [6, 6.07) is 22.9. The number of nitrogens with one attached hydrogen (secondary N) is 2. The van der Waals surface area contributed by atoms with E-state index >= 15 is 0 Å². The number of methoxy groups -OCH3 is 1. The highest BCUT2D eigenvalue weighted by Crippen LogP contribution is 2.38. The van der Waals surface area contributed by atoms with Crippen LogP contribution in [0.5, 0.6) is 0 Å². The van der Waals surface area contributed by atoms with Gasteiger partial charge in [-0.05, 0) is 60.9 Å². The van der Waals surface area contributed by atoms with Crippen molar-refractivity contribution in [1.82, 2.24) is 4.90 Å². The van der Waals surface area contributed by atoms with Gasteiger partial charge in [0.05, 0.1) is 17.6 Å². The minimum atomic E-state index is -3.76. The van der Waals surface area contributed by atoms with Crippen LogP contribution in [0, 0.1) is 6.92 Å². The van der Waals surface area contributed by atoms with Crippen LogP contribution in [0.4, 0.5) is 10.7 Å². The Hall–Kier alpha value is -3.99. The van der Waals surface area contributed by atoms with Crippen LogP contribution in [0.15, 0.2) is 83.8 Å². The molecule has 1 aliphatic rings. The molecule has 0 saturated heterocycles. The smallest absolute Gasteiger partial charge is 0.341 e. The summed E-state index contributed by atoms with van der Waals surface area (Å²) in [6.45, 7) is 4.14. The van der Waals surface area contributed by atoms with Crippen LogP contribution >= 0.6 is 11.3 Å². The van der Waals surface area contributed by atoms with E-state index in [2.05, 4.69) is 27.1 Å². The molecule has 206 valence electrons. The third kappa shape index (κ3) is 6.09. The number of rotatable bonds is 8. The highest BCUT2D eigenvalue weighted by atomic mass is 32.2. The van der Waals surface area contributed by atoms with Gasteiger partial charge in [0.25, 0.3) is 15.9 Å². The van der Waals surface area contributed by atoms with E-state index in [1.807, 2.05) is 25.1 Å². The molecule has 0 aliphatic carbocycles. The summed E-state index contributed by atoms with van der Waals surface area (Å²) in [6.07, 6.45) is 0.675. The number of carbonyl (C=O) groups excluding carboxylic acids is 2. The van der Waals surface area contributed by atoms with Gasteiger partial charge < -0.3 is 10.1 Å². The van der Waals surface area contributed by atoms with E-state index in [0.29, 0.717) is 34.8 Å². The number of fused-ring (bicyclic) bond motifs is 1. The molecule has 8 nitrogen and oxygen atoms in total. The van der Waals surface area contributed by atoms with Gasteiger partial charge in [-0.2, -0.15) is 0 Å². The molecule has 0 atom stereocenters. The van der Waals surface area contributed by atoms with Gasteiger partial charge in [0.1, 0.15) is 5.00 Å². The van der Waals surface area contributed by atoms with Crippen molar-refractivity contribution < 1.29 is 22.7 Å². The number of thiophene rings is 1. The monoisotopic (exact) mass is 575 g/mol. The average molecular weight is 576 g/mol. The van der Waals surface area contributed by atoms with Crippen LogP contribution in [0.25, 0.3) is 0 Å². The van der Waals surface area contributed by atoms with Crippen molar-refractivity contribution in [2.75, 3.05) is 23.7 Å². The lowest BCUT2D eigenvalue weighted by Crippen LogP contribution is -2.29. The molecule has 0 unspecified atom stereocenters. The molecule has 4 aromatic rings. The summed E-state index contributed by atoms with van der Waals surface area (Å²) in [5.41, 5.74) is 4.15. The van der Waals surface area contributed by atoms with Crippen LogP contribution in [0.2, 0.25) is 0 Å². The van der Waals surface area contributed by atoms with Crippen molar-refractivity contribution in [2.45, 2.75) is 31.3 Å². The fourth-order valence-electron chi connectivity index (χ4n) is 4.64. The highest BCUT2D eigenvalue weighted by molar-refractivity contribution is 7.92. The Labute approximate surface area is 237 Å². The third-order valence-corrected chi connectivity index (χ3v) is 9.26. The van der Waals surface area contributed by atoms with Crippen molar-refractivity contribution in [2.24, 2.45) is 0 Å². The van der Waals surface area contributed by atoms with Gasteiger partial charge in [0, 0.05) is 35.8 Å². The minimum Gasteiger partial charge on any atom is -0.465 e. The lowest BCUT2D eigenvalue weighted by molar-refractivity contribution is 0.0600. The summed E-state index contributed by atoms with van der Waals surface area (Å²) in [5, 5.41) is 3.34. The number of benzene rings is 3. The lowest BCUT2D eigenvalue weighted by Gasteiger charge is -2.27. The van der Waals surface area contributed by atoms with Gasteiger partial charge in [-0.25, -0.2) is 13.2 Å². The van der Waals surface area contributed by atoms with Gasteiger partial charge in [-0.3, -0.25) is 14.4 Å². The topological polar surface area (TPSA) is 105 Å². The number of amides is 1. The zero-order valence-electron chi connectivity index (χ0n) is 22.1. The van der Waals surface area contributed by atoms with Gasteiger partial charge in [-0.1, -0.05) is 48.0 Å². The maximum Gasteiger partial charge on any atom is 0.341 e. The number of aryl methyl sites for hydroxylation is 1. The van der Waals surface area contributed by atoms with E-state index in [1.54, 1.807) is 24.3 Å². The number of hydrogen-bond donors (Lipinski definition) is 2. The first-order valence-electron chi connectivity index (χ1n) is 12.7. The number of nitrogens with zero attached hydrogens (tertiary/aromatic N) is 1. The molecule has 10 heteroatoms. The molecule has 0 radical (unpaired) electrons. The van der Waals surface area contributed by atoms with Crippen LogP contribution < -0.4 is 10.0 Å². The van der Waals surface area contributed by atoms with E-state index in [-0.39, 0.29) is 4.90 Å². The number of esters is 1. The van der Waals surface area contributed by atoms with Crippen LogP contribution in [-0.2, 0) is 34.3 Å². The summed E-state index contributed by atoms with van der Waals surface area (Å²) < 4.78 is 33.0. The Morgan fingerprint density at radius 2 is 1.68 bits per heavy atom. The number of anilines is 2. The Bertz CT molecular complexity index is 1630. The Kier molecular flexibility index (Phi) is 8.02. The standard InChI is InChI=1S/C30H29N3O5S2/c1-20-8-14-24(15-9-20)40(36,37)32-23-12-10-22(11-13-23)28(34)31-29-27(30(35)38-2)25-16-17-33(19-26(25)39-29)18-21-6-4-3-5-7-21/h3-15,32H,16-19H2,1-2H3,(H,31,34). The molecule has 3 aromatic carbocycles. The summed E-state index contributed by atoms with van der Waals surface area (Å²) in [7, 11) is -2.43. The first kappa shape index (κ1) is 27.6. The lowest BCUT2D eigenvalue weighted by atomic mass is 10.0. The maximum atomic E-state index is 13.1. The molecule has 0 saturated carbocycles. The second-order valence-electron chi connectivity index (χ2n) is 9.60. The van der Waals surface area contributed by atoms with E-state index in [0.717, 1.165) is 29.1 Å². The maximum absolute atomic E-state index is 13.1. The van der Waals surface area contributed by atoms with Crippen LogP contribution in [-0.4, -0.2) is 38.8 Å². The average Bonchev–Trinajstić information content (AvgIpc) is 3.30. The van der Waals surface area contributed by atoms with Gasteiger partial charge >= 0.3 is 5.97 Å². The molecule has 0 spiro atoms. The number of ether oxygens (including phenoxy) is 1. The quantitative estimate of drug-likeness (QED) is 0.271. The number of carbonyl (C=O) groups is 2. The first-order chi connectivity index (χ1) is 19.2. The second-order valence-corrected chi connectivity index (χ2v) is 12.4. The third-order valence-electron chi connectivity index (χ3n) is 6.73. The van der Waals surface area contributed by atoms with E-state index < -0.39 is 21.9 Å². The molecule has 1 aromatic heterocycles. The van der Waals surface area contributed by atoms with E-state index in [4.69, 9.17) is 4.74 Å². The van der Waals surface area contributed by atoms with Gasteiger partial charge in [0.15, 0.2) is 0 Å². The molecule has 0 fully saturated rings. The van der Waals surface area contributed by atoms with Gasteiger partial charge in [-0.15, -0.1) is 11.3 Å². The molecule has 5 rings (SSSR count). The predicted molar refractivity (Wildman–Crippen MR) is 156 cm³/mol. The molecule has 2 heterocycles. The largest absolute Gasteiger partial charge is 0.465 e. The number of hydrogen-bond acceptors (Lipinski definition) is 7. The highest BCUT2D eigenvalue weighted by Gasteiger charge is 2.29. The molecule has 40 heavy (non-hydrogen) atoms. The van der Waals surface area contributed by atoms with E-state index in [1.165, 1.54) is 48.3 Å². The predicted octanol–water partition coefficient (Wildman–Crippen LogP) is 5.45. The SMILES string of the molecule is COC(=O)c1c(NC(=O)c2ccc(NS(=O)(=O)c3ccc(C)cc3)cc2)sc2c1CCN(Cc1ccccc1)C2.